The molecule has 0 bridgehead atoms. The lowest BCUT2D eigenvalue weighted by atomic mass is 10.8. The molecule has 0 heterocycles. The third kappa shape index (κ3) is 3180. The maximum atomic E-state index is 8.74. The van der Waals surface area contributed by atoms with Crippen LogP contribution in [0.4, 0.5) is 0 Å². The van der Waals surface area contributed by atoms with Crippen LogP contribution in [-0.4, -0.2) is 27.2 Å². The molecule has 1 atom stereocenters. The van der Waals surface area contributed by atoms with Crippen molar-refractivity contribution >= 4 is 27.5 Å². The minimum atomic E-state index is -3.13. The van der Waals surface area contributed by atoms with Crippen LogP contribution in [0.25, 0.3) is 0 Å². The Morgan fingerprint density at radius 2 is 1.33 bits per heavy atom. The highest BCUT2D eigenvalue weighted by Crippen LogP contribution is 1.27. The second-order valence-electron chi connectivity index (χ2n) is 0.283. The van der Waals surface area contributed by atoms with E-state index >= 15 is 0 Å². The van der Waals surface area contributed by atoms with E-state index in [0.29, 0.717) is 0 Å². The second kappa shape index (κ2) is 8.93. The fraction of sp³-hybridized carbons (Fsp3) is 0. The summed E-state index contributed by atoms with van der Waals surface area (Å²) in [6.45, 7) is 0. The van der Waals surface area contributed by atoms with E-state index in [4.69, 9.17) is 14.1 Å². The van der Waals surface area contributed by atoms with E-state index in [-0.39, 0.29) is 18.3 Å². The fourth-order valence-corrected chi connectivity index (χ4v) is 0. The lowest BCUT2D eigenvalue weighted by molar-refractivity contribution is 0.330. The van der Waals surface area contributed by atoms with E-state index < -0.39 is 9.17 Å². The Labute approximate surface area is 42.5 Å². The highest BCUT2D eigenvalue weighted by atomic mass is 31.0. The van der Waals surface area contributed by atoms with Gasteiger partial charge in [0.1, 0.15) is 0 Å². The molecule has 0 amide bonds. The fourth-order valence-electron chi connectivity index (χ4n) is 0. The van der Waals surface area contributed by atoms with Crippen LogP contribution in [0.2, 0.25) is 0 Å². The molecule has 0 spiro atoms. The van der Waals surface area contributed by atoms with Crippen molar-refractivity contribution in [2.45, 2.75) is 0 Å². The Morgan fingerprint density at radius 3 is 1.33 bits per heavy atom. The predicted molar refractivity (Wildman–Crippen MR) is 31.9 cm³/mol. The van der Waals surface area contributed by atoms with Gasteiger partial charge in [0, 0.05) is 0 Å². The normalized spacial score (nSPS) is 4.00. The first kappa shape index (κ1) is 16.5. The van der Waals surface area contributed by atoms with Crippen molar-refractivity contribution in [3.8, 4) is 0 Å². The van der Waals surface area contributed by atoms with Crippen LogP contribution in [0.15, 0.2) is 0 Å². The zero-order valence-corrected chi connectivity index (χ0v) is 4.92. The van der Waals surface area contributed by atoms with Gasteiger partial charge in [-0.25, -0.2) is 0 Å². The third-order valence-electron chi connectivity index (χ3n) is 0. The van der Waals surface area contributed by atoms with Crippen molar-refractivity contribution in [2.75, 3.05) is 0 Å². The van der Waals surface area contributed by atoms with Gasteiger partial charge in [0.2, 0.25) is 0 Å². The molecule has 6 heavy (non-hydrogen) atoms. The number of rotatable bonds is 0. The maximum Gasteiger partial charge on any atom is 0.761 e. The van der Waals surface area contributed by atoms with Gasteiger partial charge in [-0.05, 0) is 0 Å². The van der Waals surface area contributed by atoms with E-state index in [1.54, 1.807) is 0 Å². The molecule has 3 nitrogen and oxygen atoms in total. The van der Waals surface area contributed by atoms with Crippen molar-refractivity contribution in [1.82, 2.24) is 0 Å². The first-order valence-corrected chi connectivity index (χ1v) is 1.95. The summed E-state index contributed by atoms with van der Waals surface area (Å²) >= 11 is 0. The van der Waals surface area contributed by atoms with E-state index in [1.165, 1.54) is 0 Å². The quantitative estimate of drug-likeness (QED) is 0.273. The Bertz CT molecular complexity index is 33.8. The van der Waals surface area contributed by atoms with Crippen molar-refractivity contribution < 1.29 is 14.1 Å². The lowest BCUT2D eigenvalue weighted by Gasteiger charge is -1.55. The van der Waals surface area contributed by atoms with Crippen LogP contribution in [0.3, 0.4) is 0 Å². The molecule has 0 aromatic heterocycles. The molecule has 2 N–H and O–H groups in total. The average Bonchev–Trinajstić information content (AvgIpc) is 0.811. The van der Waals surface area contributed by atoms with E-state index in [1.807, 2.05) is 0 Å². The summed E-state index contributed by atoms with van der Waals surface area (Å²) < 4.78 is 8.74. The highest BCUT2D eigenvalue weighted by molar-refractivity contribution is 6.92. The molecule has 0 rings (SSSR count). The minimum absolute atomic E-state index is 0. The molecule has 38 valence electrons. The molecular weight excluding hydrogens is 118 g/mol. The first-order valence-electron chi connectivity index (χ1n) is 0.651. The van der Waals surface area contributed by atoms with Gasteiger partial charge in [-0.15, -0.1) is 0 Å². The monoisotopic (exact) mass is 126 g/mol. The minimum Gasteiger partial charge on any atom is -0.511 e. The molecule has 0 fully saturated rings. The Morgan fingerprint density at radius 1 is 1.33 bits per heavy atom. The lowest BCUT2D eigenvalue weighted by Crippen LogP contribution is -1.90. The molecule has 0 aromatic carbocycles. The van der Waals surface area contributed by atoms with Gasteiger partial charge < -0.3 is 9.59 Å². The summed E-state index contributed by atoms with van der Waals surface area (Å²) in [7, 11) is -3.13. The van der Waals surface area contributed by atoms with Gasteiger partial charge in [-0.3, -0.25) is 4.46 Å². The van der Waals surface area contributed by atoms with Gasteiger partial charge in [0.15, 0.2) is 0 Å². The summed E-state index contributed by atoms with van der Waals surface area (Å²) in [6, 6.07) is 0. The molecule has 0 aliphatic carbocycles. The van der Waals surface area contributed by atoms with Crippen LogP contribution >= 0.6 is 9.90 Å². The summed E-state index contributed by atoms with van der Waals surface area (Å²) in [6.07, 6.45) is 0. The molecule has 0 saturated carbocycles. The van der Waals surface area contributed by atoms with Crippen LogP contribution in [0, 0.1) is 0 Å². The van der Waals surface area contributed by atoms with E-state index in [2.05, 4.69) is 0 Å². The van der Waals surface area contributed by atoms with Crippen LogP contribution in [0.1, 0.15) is 0 Å². The van der Waals surface area contributed by atoms with Gasteiger partial charge in [0.05, 0.1) is 8.41 Å². The van der Waals surface area contributed by atoms with E-state index in [0.717, 1.165) is 0 Å². The largest absolute Gasteiger partial charge is 0.761 e. The zero-order valence-electron chi connectivity index (χ0n) is 2.51. The van der Waals surface area contributed by atoms with Gasteiger partial charge in [0.25, 0.3) is 0 Å². The van der Waals surface area contributed by atoms with Crippen LogP contribution < -0.4 is 0 Å². The smallest absolute Gasteiger partial charge is 0.511 e. The molecule has 0 aliphatic rings. The Balaban J connectivity index is -0.0000000450. The molecule has 0 aromatic rings. The van der Waals surface area contributed by atoms with Crippen molar-refractivity contribution in [3.05, 3.63) is 0 Å². The van der Waals surface area contributed by atoms with Gasteiger partial charge in [-0.2, -0.15) is 9.90 Å². The average molecular weight is 126 g/mol. The molecule has 0 saturated heterocycles. The molecular formula is H8BO3PSi. The van der Waals surface area contributed by atoms with E-state index in [9.17, 15) is 0 Å². The Kier molecular flexibility index (Phi) is 24.5. The van der Waals surface area contributed by atoms with Crippen LogP contribution in [-0.2, 0) is 4.46 Å². The topological polar surface area (TPSA) is 57.5 Å². The van der Waals surface area contributed by atoms with Gasteiger partial charge >= 0.3 is 9.17 Å². The van der Waals surface area contributed by atoms with Crippen molar-refractivity contribution in [1.29, 1.82) is 0 Å². The molecule has 1 unspecified atom stereocenters. The van der Waals surface area contributed by atoms with Crippen molar-refractivity contribution in [3.63, 3.8) is 0 Å². The summed E-state index contributed by atoms with van der Waals surface area (Å²) in [4.78, 5) is 14.3. The SMILES string of the molecule is B.O=[Si](O)O.P. The third-order valence-corrected chi connectivity index (χ3v) is 0. The standard InChI is InChI=1S/BH3.H2O3Si.H3P/c;1-4(2)3;/h1H3;1-2H;1H3. The Hall–Kier alpha value is 0.112. The van der Waals surface area contributed by atoms with Gasteiger partial charge in [-0.1, -0.05) is 0 Å². The maximum absolute atomic E-state index is 8.74. The number of hydrogen-bond donors (Lipinski definition) is 2. The molecule has 0 aliphatic heterocycles. The predicted octanol–water partition coefficient (Wildman–Crippen LogP) is -2.74. The number of hydrogen-bond acceptors (Lipinski definition) is 1. The summed E-state index contributed by atoms with van der Waals surface area (Å²) in [5.74, 6) is 0. The highest BCUT2D eigenvalue weighted by Gasteiger charge is 1.85. The zero-order chi connectivity index (χ0) is 3.58. The summed E-state index contributed by atoms with van der Waals surface area (Å²) in [5, 5.41) is 0. The van der Waals surface area contributed by atoms with Crippen molar-refractivity contribution in [2.24, 2.45) is 0 Å². The second-order valence-corrected chi connectivity index (χ2v) is 0.848. The molecule has 6 heteroatoms. The first-order chi connectivity index (χ1) is 1.73. The van der Waals surface area contributed by atoms with Crippen LogP contribution in [0.5, 0.6) is 0 Å². The summed E-state index contributed by atoms with van der Waals surface area (Å²) in [5.41, 5.74) is 0. The molecule has 0 radical (unpaired) electrons.